The first kappa shape index (κ1) is 34.4. The van der Waals surface area contributed by atoms with E-state index in [1.165, 1.54) is 32.0 Å². The standard InChI is InChI=1S/C35H49ClN8O4/c1-23(14-38-22-37)48-32-13-24(5-12-30(32)36)25-15-39-34(40-16-25)41-31-17-43(42-33(31)47-21-35(2,3)20-45-4)26-6-8-27(9-7-26)44-28-10-11-29(44)19-46-18-28/h5,12-13,15-17,22-23,26-29H,6-11,14,18-21H2,1-4H3,(H2,37,38)(H,39,40,41)/t23-,26?,27?,28-,29+/m0/s1. The molecule has 0 spiro atoms. The molecule has 3 N–H and O–H groups in total. The fourth-order valence-electron chi connectivity index (χ4n) is 7.23. The number of nitrogens with one attached hydrogen (secondary N) is 1. The fourth-order valence-corrected chi connectivity index (χ4v) is 7.39. The predicted octanol–water partition coefficient (Wildman–Crippen LogP) is 5.89. The van der Waals surface area contributed by atoms with Gasteiger partial charge in [-0.3, -0.25) is 14.6 Å². The van der Waals surface area contributed by atoms with Gasteiger partial charge in [-0.2, -0.15) is 0 Å². The molecule has 3 atom stereocenters. The maximum atomic E-state index is 6.42. The monoisotopic (exact) mass is 680 g/mol. The third-order valence-corrected chi connectivity index (χ3v) is 9.86. The SMILES string of the molecule is COCC(C)(C)COc1nn(C2CCC(N3[C@@H]4CC[C@H]3COC4)CC2)cc1Nc1ncc(-c2ccc(Cl)c(O[C@@H](C)CN=CN)c2)cn1. The summed E-state index contributed by atoms with van der Waals surface area (Å²) in [5, 5.41) is 8.85. The van der Waals surface area contributed by atoms with E-state index in [9.17, 15) is 0 Å². The van der Waals surface area contributed by atoms with Gasteiger partial charge < -0.3 is 30.0 Å². The van der Waals surface area contributed by atoms with Gasteiger partial charge in [-0.25, -0.2) is 9.97 Å². The molecule has 1 aromatic carbocycles. The van der Waals surface area contributed by atoms with Crippen LogP contribution in [0.1, 0.15) is 65.3 Å². The normalized spacial score (nSPS) is 23.8. The molecule has 4 heterocycles. The van der Waals surface area contributed by atoms with Crippen LogP contribution in [0.25, 0.3) is 11.1 Å². The van der Waals surface area contributed by atoms with E-state index in [0.29, 0.717) is 66.5 Å². The summed E-state index contributed by atoms with van der Waals surface area (Å²) in [5.74, 6) is 1.55. The van der Waals surface area contributed by atoms with Gasteiger partial charge in [0.2, 0.25) is 5.95 Å². The highest BCUT2D eigenvalue weighted by Crippen LogP contribution is 2.40. The first-order valence-electron chi connectivity index (χ1n) is 17.0. The molecule has 1 saturated carbocycles. The molecule has 2 aromatic heterocycles. The number of benzene rings is 1. The number of aliphatic imine (C=N–C) groups is 1. The number of rotatable bonds is 14. The van der Waals surface area contributed by atoms with Crippen LogP contribution in [0.5, 0.6) is 11.6 Å². The maximum Gasteiger partial charge on any atom is 0.256 e. The molecule has 48 heavy (non-hydrogen) atoms. The highest BCUT2D eigenvalue weighted by Gasteiger charge is 2.42. The molecule has 2 saturated heterocycles. The van der Waals surface area contributed by atoms with Gasteiger partial charge in [0.15, 0.2) is 0 Å². The summed E-state index contributed by atoms with van der Waals surface area (Å²) in [5.41, 5.74) is 7.64. The number of morpholine rings is 1. The van der Waals surface area contributed by atoms with E-state index in [0.717, 1.165) is 42.9 Å². The fraction of sp³-hybridized carbons (Fsp3) is 0.600. The van der Waals surface area contributed by atoms with Gasteiger partial charge in [-0.1, -0.05) is 31.5 Å². The smallest absolute Gasteiger partial charge is 0.256 e. The number of fused-ring (bicyclic) bond motifs is 2. The highest BCUT2D eigenvalue weighted by atomic mass is 35.5. The van der Waals surface area contributed by atoms with Crippen molar-refractivity contribution in [3.63, 3.8) is 0 Å². The average Bonchev–Trinajstić information content (AvgIpc) is 3.60. The first-order chi connectivity index (χ1) is 23.2. The molecule has 260 valence electrons. The Morgan fingerprint density at radius 1 is 1.04 bits per heavy atom. The Morgan fingerprint density at radius 3 is 2.42 bits per heavy atom. The molecule has 12 nitrogen and oxygen atoms in total. The van der Waals surface area contributed by atoms with Gasteiger partial charge in [0.25, 0.3) is 5.88 Å². The zero-order valence-corrected chi connectivity index (χ0v) is 29.2. The summed E-state index contributed by atoms with van der Waals surface area (Å²) in [6.45, 7) is 9.38. The van der Waals surface area contributed by atoms with Crippen molar-refractivity contribution in [2.75, 3.05) is 45.4 Å². The summed E-state index contributed by atoms with van der Waals surface area (Å²) < 4.78 is 25.7. The Labute approximate surface area is 288 Å². The minimum atomic E-state index is -0.187. The minimum Gasteiger partial charge on any atom is -0.487 e. The average molecular weight is 681 g/mol. The van der Waals surface area contributed by atoms with Crippen LogP contribution in [0.3, 0.4) is 0 Å². The van der Waals surface area contributed by atoms with Gasteiger partial charge in [-0.05, 0) is 63.1 Å². The Bertz CT molecular complexity index is 1510. The van der Waals surface area contributed by atoms with Crippen LogP contribution in [0.4, 0.5) is 11.6 Å². The number of hydrogen-bond donors (Lipinski definition) is 2. The largest absolute Gasteiger partial charge is 0.487 e. The second-order valence-corrected chi connectivity index (χ2v) is 14.5. The van der Waals surface area contributed by atoms with E-state index in [1.54, 1.807) is 25.6 Å². The lowest BCUT2D eigenvalue weighted by atomic mass is 9.89. The van der Waals surface area contributed by atoms with Crippen LogP contribution >= 0.6 is 11.6 Å². The molecular formula is C35H49ClN8O4. The number of anilines is 2. The van der Waals surface area contributed by atoms with Gasteiger partial charge in [-0.15, -0.1) is 5.10 Å². The van der Waals surface area contributed by atoms with Crippen molar-refractivity contribution in [3.05, 3.63) is 41.8 Å². The molecular weight excluding hydrogens is 632 g/mol. The van der Waals surface area contributed by atoms with Crippen LogP contribution in [-0.2, 0) is 9.47 Å². The van der Waals surface area contributed by atoms with E-state index in [2.05, 4.69) is 43.7 Å². The van der Waals surface area contributed by atoms with Gasteiger partial charge >= 0.3 is 0 Å². The lowest BCUT2D eigenvalue weighted by Crippen LogP contribution is -2.52. The molecule has 2 bridgehead atoms. The van der Waals surface area contributed by atoms with E-state index in [4.69, 9.17) is 41.4 Å². The van der Waals surface area contributed by atoms with Crippen molar-refractivity contribution < 1.29 is 18.9 Å². The van der Waals surface area contributed by atoms with Crippen molar-refractivity contribution in [2.24, 2.45) is 16.1 Å². The molecule has 0 amide bonds. The Hall–Kier alpha value is -3.45. The van der Waals surface area contributed by atoms with Crippen molar-refractivity contribution >= 4 is 29.6 Å². The number of methoxy groups -OCH3 is 1. The Morgan fingerprint density at radius 2 is 1.73 bits per heavy atom. The molecule has 3 fully saturated rings. The summed E-state index contributed by atoms with van der Waals surface area (Å²) in [6, 6.07) is 7.72. The van der Waals surface area contributed by atoms with Crippen LogP contribution < -0.4 is 20.5 Å². The third kappa shape index (κ3) is 8.22. The van der Waals surface area contributed by atoms with Crippen molar-refractivity contribution in [1.29, 1.82) is 0 Å². The highest BCUT2D eigenvalue weighted by molar-refractivity contribution is 6.32. The molecule has 13 heteroatoms. The molecule has 6 rings (SSSR count). The Balaban J connectivity index is 1.15. The van der Waals surface area contributed by atoms with Crippen molar-refractivity contribution in [3.8, 4) is 22.8 Å². The van der Waals surface area contributed by atoms with E-state index in [1.807, 2.05) is 25.3 Å². The number of hydrogen-bond acceptors (Lipinski definition) is 10. The van der Waals surface area contributed by atoms with Gasteiger partial charge in [0, 0.05) is 48.6 Å². The molecule has 1 aliphatic carbocycles. The zero-order valence-electron chi connectivity index (χ0n) is 28.5. The topological polar surface area (TPSA) is 134 Å². The minimum absolute atomic E-state index is 0.180. The predicted molar refractivity (Wildman–Crippen MR) is 188 cm³/mol. The van der Waals surface area contributed by atoms with E-state index >= 15 is 0 Å². The lowest BCUT2D eigenvalue weighted by Gasteiger charge is -2.43. The number of nitrogens with two attached hydrogens (primary N) is 1. The summed E-state index contributed by atoms with van der Waals surface area (Å²) in [6.07, 6.45) is 13.7. The van der Waals surface area contributed by atoms with Crippen LogP contribution in [-0.4, -0.2) is 95.3 Å². The van der Waals surface area contributed by atoms with Crippen molar-refractivity contribution in [1.82, 2.24) is 24.6 Å². The van der Waals surface area contributed by atoms with Crippen LogP contribution in [0, 0.1) is 5.41 Å². The number of ether oxygens (including phenoxy) is 4. The quantitative estimate of drug-likeness (QED) is 0.157. The number of halogens is 1. The van der Waals surface area contributed by atoms with E-state index < -0.39 is 0 Å². The van der Waals surface area contributed by atoms with E-state index in [-0.39, 0.29) is 11.5 Å². The molecule has 3 aromatic rings. The molecule has 2 aliphatic heterocycles. The van der Waals surface area contributed by atoms with Crippen LogP contribution in [0.2, 0.25) is 5.02 Å². The zero-order chi connectivity index (χ0) is 33.7. The molecule has 3 aliphatic rings. The molecule has 0 unspecified atom stereocenters. The Kier molecular flexibility index (Phi) is 11.0. The number of nitrogens with zero attached hydrogens (tertiary/aromatic N) is 6. The lowest BCUT2D eigenvalue weighted by molar-refractivity contribution is -0.0458. The maximum absolute atomic E-state index is 6.42. The summed E-state index contributed by atoms with van der Waals surface area (Å²) in [7, 11) is 1.71. The molecule has 0 radical (unpaired) electrons. The van der Waals surface area contributed by atoms with Gasteiger partial charge in [0.1, 0.15) is 17.5 Å². The summed E-state index contributed by atoms with van der Waals surface area (Å²) >= 11 is 6.42. The second kappa shape index (κ2) is 15.4. The van der Waals surface area contributed by atoms with Crippen LogP contribution in [0.15, 0.2) is 41.8 Å². The first-order valence-corrected chi connectivity index (χ1v) is 17.4. The van der Waals surface area contributed by atoms with Crippen molar-refractivity contribution in [2.45, 2.75) is 89.6 Å². The second-order valence-electron chi connectivity index (χ2n) is 14.1. The third-order valence-electron chi connectivity index (χ3n) is 9.55. The van der Waals surface area contributed by atoms with Gasteiger partial charge in [0.05, 0.1) is 56.6 Å². The number of aromatic nitrogens is 4. The summed E-state index contributed by atoms with van der Waals surface area (Å²) in [4.78, 5) is 16.1.